The van der Waals surface area contributed by atoms with Crippen molar-refractivity contribution in [3.8, 4) is 0 Å². The molecule has 0 saturated heterocycles. The van der Waals surface area contributed by atoms with Crippen LogP contribution in [0.3, 0.4) is 0 Å². The molecule has 0 fully saturated rings. The van der Waals surface area contributed by atoms with E-state index in [0.717, 1.165) is 6.07 Å². The first-order chi connectivity index (χ1) is 13.4. The van der Waals surface area contributed by atoms with Crippen LogP contribution in [0, 0.1) is 11.6 Å². The van der Waals surface area contributed by atoms with Crippen LogP contribution in [0.2, 0.25) is 0 Å². The van der Waals surface area contributed by atoms with Gasteiger partial charge in [0.15, 0.2) is 0 Å². The molecule has 0 bridgehead atoms. The lowest BCUT2D eigenvalue weighted by Gasteiger charge is -2.16. The molecule has 2 atom stereocenters. The van der Waals surface area contributed by atoms with Gasteiger partial charge in [0.1, 0.15) is 23.7 Å². The number of amides is 2. The van der Waals surface area contributed by atoms with Gasteiger partial charge in [-0.3, -0.25) is 19.0 Å². The van der Waals surface area contributed by atoms with Crippen LogP contribution in [0.4, 0.5) is 20.2 Å². The second-order valence-electron chi connectivity index (χ2n) is 6.11. The van der Waals surface area contributed by atoms with Crippen molar-refractivity contribution in [2.45, 2.75) is 25.9 Å². The highest BCUT2D eigenvalue weighted by atomic mass is 19.1. The van der Waals surface area contributed by atoms with Crippen LogP contribution in [-0.2, 0) is 9.59 Å². The fourth-order valence-corrected chi connectivity index (χ4v) is 2.47. The van der Waals surface area contributed by atoms with Crippen LogP contribution in [-0.4, -0.2) is 31.4 Å². The Bertz CT molecular complexity index is 897. The lowest BCUT2D eigenvalue weighted by atomic mass is 10.2. The lowest BCUT2D eigenvalue weighted by molar-refractivity contribution is -0.119. The first-order valence-electron chi connectivity index (χ1n) is 8.46. The van der Waals surface area contributed by atoms with E-state index < -0.39 is 35.5 Å². The van der Waals surface area contributed by atoms with Crippen molar-refractivity contribution < 1.29 is 18.4 Å². The Morgan fingerprint density at radius 1 is 0.857 bits per heavy atom. The Morgan fingerprint density at radius 3 is 1.64 bits per heavy atom. The van der Waals surface area contributed by atoms with Crippen molar-refractivity contribution in [2.75, 3.05) is 10.6 Å². The van der Waals surface area contributed by atoms with Gasteiger partial charge in [-0.05, 0) is 32.0 Å². The Kier molecular flexibility index (Phi) is 5.48. The van der Waals surface area contributed by atoms with Gasteiger partial charge in [-0.1, -0.05) is 0 Å². The summed E-state index contributed by atoms with van der Waals surface area (Å²) in [6.07, 6.45) is 6.20. The average molecular weight is 388 g/mol. The number of nitrogens with one attached hydrogen (secondary N) is 2. The number of carbonyl (C=O) groups excluding carboxylic acids is 2. The Morgan fingerprint density at radius 2 is 1.29 bits per heavy atom. The highest BCUT2D eigenvalue weighted by molar-refractivity contribution is 5.96. The molecule has 28 heavy (non-hydrogen) atoms. The van der Waals surface area contributed by atoms with Gasteiger partial charge in [-0.15, -0.1) is 0 Å². The minimum absolute atomic E-state index is 0.257. The summed E-state index contributed by atoms with van der Waals surface area (Å²) in [5.41, 5.74) is -0.514. The highest BCUT2D eigenvalue weighted by Crippen LogP contribution is 2.25. The van der Waals surface area contributed by atoms with Gasteiger partial charge in [0.25, 0.3) is 0 Å². The summed E-state index contributed by atoms with van der Waals surface area (Å²) < 4.78 is 31.0. The molecule has 2 N–H and O–H groups in total. The molecule has 2 heterocycles. The van der Waals surface area contributed by atoms with E-state index in [2.05, 4.69) is 20.8 Å². The topological polar surface area (TPSA) is 93.8 Å². The largest absolute Gasteiger partial charge is 0.322 e. The molecule has 0 saturated carbocycles. The summed E-state index contributed by atoms with van der Waals surface area (Å²) in [5.74, 6) is -3.01. The molecular formula is C18H18F2N6O2. The quantitative estimate of drug-likeness (QED) is 0.679. The zero-order valence-corrected chi connectivity index (χ0v) is 15.1. The summed E-state index contributed by atoms with van der Waals surface area (Å²) in [5, 5.41) is 12.7. The third-order valence-corrected chi connectivity index (χ3v) is 4.17. The van der Waals surface area contributed by atoms with E-state index in [1.54, 1.807) is 38.4 Å². The normalized spacial score (nSPS) is 13.0. The van der Waals surface area contributed by atoms with E-state index in [0.29, 0.717) is 6.07 Å². The van der Waals surface area contributed by atoms with Crippen molar-refractivity contribution in [1.82, 2.24) is 19.6 Å². The minimum Gasteiger partial charge on any atom is -0.322 e. The van der Waals surface area contributed by atoms with Crippen molar-refractivity contribution in [2.24, 2.45) is 0 Å². The molecule has 0 radical (unpaired) electrons. The van der Waals surface area contributed by atoms with Gasteiger partial charge in [0.2, 0.25) is 11.8 Å². The first-order valence-corrected chi connectivity index (χ1v) is 8.46. The molecule has 0 aliphatic rings. The van der Waals surface area contributed by atoms with Gasteiger partial charge < -0.3 is 10.6 Å². The molecule has 2 aromatic heterocycles. The van der Waals surface area contributed by atoms with Crippen LogP contribution in [0.15, 0.2) is 49.1 Å². The number of hydrogen-bond donors (Lipinski definition) is 2. The fourth-order valence-electron chi connectivity index (χ4n) is 2.47. The Labute approximate surface area is 159 Å². The zero-order chi connectivity index (χ0) is 20.3. The standard InChI is InChI=1S/C18H18F2N6O2/c1-11(25-7-3-5-21-25)17(27)23-15-10-16(14(20)9-13(15)19)24-18(28)12(2)26-8-4-6-22-26/h3-12H,1-2H3,(H,23,27)(H,24,28)/t11-,12-/m0/s1. The number of anilines is 2. The van der Waals surface area contributed by atoms with Gasteiger partial charge in [0, 0.05) is 30.9 Å². The SMILES string of the molecule is C[C@@H](C(=O)Nc1cc(NC(=O)[C@H](C)n2cccn2)c(F)cc1F)n1cccn1. The maximum absolute atomic E-state index is 14.1. The predicted molar refractivity (Wildman–Crippen MR) is 97.5 cm³/mol. The molecule has 0 spiro atoms. The Hall–Kier alpha value is -3.56. The van der Waals surface area contributed by atoms with Gasteiger partial charge >= 0.3 is 0 Å². The molecule has 8 nitrogen and oxygen atoms in total. The van der Waals surface area contributed by atoms with E-state index in [1.807, 2.05) is 0 Å². The summed E-state index contributed by atoms with van der Waals surface area (Å²) in [6, 6.07) is 3.51. The van der Waals surface area contributed by atoms with E-state index >= 15 is 0 Å². The number of hydrogen-bond acceptors (Lipinski definition) is 4. The second kappa shape index (κ2) is 7.99. The van der Waals surface area contributed by atoms with E-state index in [-0.39, 0.29) is 11.4 Å². The van der Waals surface area contributed by atoms with Crippen LogP contribution in [0.1, 0.15) is 25.9 Å². The fraction of sp³-hybridized carbons (Fsp3) is 0.222. The maximum atomic E-state index is 14.1. The molecule has 1 aromatic carbocycles. The Balaban J connectivity index is 1.76. The van der Waals surface area contributed by atoms with Gasteiger partial charge in [0.05, 0.1) is 11.4 Å². The van der Waals surface area contributed by atoms with Gasteiger partial charge in [-0.2, -0.15) is 10.2 Å². The van der Waals surface area contributed by atoms with Crippen LogP contribution in [0.5, 0.6) is 0 Å². The highest BCUT2D eigenvalue weighted by Gasteiger charge is 2.21. The van der Waals surface area contributed by atoms with E-state index in [1.165, 1.54) is 21.8 Å². The number of nitrogens with zero attached hydrogens (tertiary/aromatic N) is 4. The molecule has 2 amide bonds. The molecule has 0 aliphatic carbocycles. The summed E-state index contributed by atoms with van der Waals surface area (Å²) in [6.45, 7) is 3.16. The smallest absolute Gasteiger partial charge is 0.249 e. The third kappa shape index (κ3) is 4.05. The van der Waals surface area contributed by atoms with Crippen molar-refractivity contribution in [3.63, 3.8) is 0 Å². The molecule has 0 aliphatic heterocycles. The second-order valence-corrected chi connectivity index (χ2v) is 6.11. The number of rotatable bonds is 6. The number of benzene rings is 1. The van der Waals surface area contributed by atoms with Crippen molar-refractivity contribution in [3.05, 3.63) is 60.7 Å². The summed E-state index contributed by atoms with van der Waals surface area (Å²) >= 11 is 0. The maximum Gasteiger partial charge on any atom is 0.249 e. The van der Waals surface area contributed by atoms with Crippen LogP contribution >= 0.6 is 0 Å². The van der Waals surface area contributed by atoms with Crippen molar-refractivity contribution >= 4 is 23.2 Å². The monoisotopic (exact) mass is 388 g/mol. The van der Waals surface area contributed by atoms with Crippen LogP contribution in [0.25, 0.3) is 0 Å². The number of halogens is 2. The van der Waals surface area contributed by atoms with E-state index in [9.17, 15) is 18.4 Å². The predicted octanol–water partition coefficient (Wildman–Crippen LogP) is 2.76. The third-order valence-electron chi connectivity index (χ3n) is 4.17. The molecule has 146 valence electrons. The lowest BCUT2D eigenvalue weighted by Crippen LogP contribution is -2.26. The molecule has 10 heteroatoms. The zero-order valence-electron chi connectivity index (χ0n) is 15.1. The minimum atomic E-state index is -0.961. The molecule has 0 unspecified atom stereocenters. The molecule has 3 aromatic rings. The molecular weight excluding hydrogens is 370 g/mol. The van der Waals surface area contributed by atoms with Crippen LogP contribution < -0.4 is 10.6 Å². The van der Waals surface area contributed by atoms with Crippen molar-refractivity contribution in [1.29, 1.82) is 0 Å². The van der Waals surface area contributed by atoms with Gasteiger partial charge in [-0.25, -0.2) is 8.78 Å². The number of carbonyl (C=O) groups is 2. The first kappa shape index (κ1) is 19.2. The van der Waals surface area contributed by atoms with E-state index in [4.69, 9.17) is 0 Å². The summed E-state index contributed by atoms with van der Waals surface area (Å²) in [4.78, 5) is 24.6. The average Bonchev–Trinajstić information content (AvgIpc) is 3.37. The summed E-state index contributed by atoms with van der Waals surface area (Å²) in [7, 11) is 0. The molecule has 3 rings (SSSR count). The number of aromatic nitrogens is 4.